The fourth-order valence-electron chi connectivity index (χ4n) is 0.883. The first-order valence-electron chi connectivity index (χ1n) is 3.95. The smallest absolute Gasteiger partial charge is 0.176 e. The van der Waals surface area contributed by atoms with Gasteiger partial charge in [0.05, 0.1) is 0 Å². The van der Waals surface area contributed by atoms with Gasteiger partial charge in [-0.15, -0.1) is 0 Å². The van der Waals surface area contributed by atoms with Gasteiger partial charge in [0.2, 0.25) is 0 Å². The van der Waals surface area contributed by atoms with Crippen LogP contribution >= 0.6 is 0 Å². The van der Waals surface area contributed by atoms with E-state index in [1.807, 2.05) is 13.1 Å². The van der Waals surface area contributed by atoms with Crippen molar-refractivity contribution in [2.24, 2.45) is 0 Å². The largest absolute Gasteiger partial charge is 0.321 e. The molecule has 58 valence electrons. The molecular formula is C8H16N2. The third-order valence-electron chi connectivity index (χ3n) is 1.55. The molecule has 0 bridgehead atoms. The zero-order chi connectivity index (χ0) is 7.82. The molecule has 0 aliphatic carbocycles. The van der Waals surface area contributed by atoms with Gasteiger partial charge in [-0.2, -0.15) is 5.26 Å². The number of nitrogens with one attached hydrogen (secondary N) is 1. The summed E-state index contributed by atoms with van der Waals surface area (Å²) in [4.78, 5) is 0. The molecule has 10 heavy (non-hydrogen) atoms. The normalized spacial score (nSPS) is 12.1. The molecule has 0 heterocycles. The Morgan fingerprint density at radius 2 is 2.20 bits per heavy atom. The SMILES string of the molecule is CCCCCC(C)NC#N. The number of hydrogen-bond donors (Lipinski definition) is 1. The number of hydrogen-bond acceptors (Lipinski definition) is 2. The van der Waals surface area contributed by atoms with Gasteiger partial charge in [0.1, 0.15) is 0 Å². The van der Waals surface area contributed by atoms with E-state index in [1.165, 1.54) is 19.3 Å². The first-order chi connectivity index (χ1) is 4.81. The second kappa shape index (κ2) is 6.41. The monoisotopic (exact) mass is 140 g/mol. The van der Waals surface area contributed by atoms with Crippen LogP contribution < -0.4 is 5.32 Å². The van der Waals surface area contributed by atoms with Crippen LogP contribution in [0.25, 0.3) is 0 Å². The molecule has 0 aromatic rings. The Kier molecular flexibility index (Phi) is 5.96. The molecule has 0 saturated carbocycles. The van der Waals surface area contributed by atoms with E-state index in [2.05, 4.69) is 12.2 Å². The van der Waals surface area contributed by atoms with Crippen molar-refractivity contribution in [3.05, 3.63) is 0 Å². The number of nitriles is 1. The first-order valence-corrected chi connectivity index (χ1v) is 3.95. The van der Waals surface area contributed by atoms with Gasteiger partial charge < -0.3 is 5.32 Å². The molecule has 0 radical (unpaired) electrons. The summed E-state index contributed by atoms with van der Waals surface area (Å²) in [5.41, 5.74) is 0. The van der Waals surface area contributed by atoms with Crippen LogP contribution in [0, 0.1) is 11.5 Å². The molecule has 1 N–H and O–H groups in total. The topological polar surface area (TPSA) is 35.8 Å². The minimum atomic E-state index is 0.358. The summed E-state index contributed by atoms with van der Waals surface area (Å²) in [5, 5.41) is 10.9. The molecule has 2 nitrogen and oxygen atoms in total. The zero-order valence-corrected chi connectivity index (χ0v) is 6.85. The fourth-order valence-corrected chi connectivity index (χ4v) is 0.883. The minimum absolute atomic E-state index is 0.358. The van der Waals surface area contributed by atoms with Crippen molar-refractivity contribution in [2.75, 3.05) is 0 Å². The van der Waals surface area contributed by atoms with Gasteiger partial charge in [-0.1, -0.05) is 26.2 Å². The van der Waals surface area contributed by atoms with Crippen molar-refractivity contribution in [3.63, 3.8) is 0 Å². The van der Waals surface area contributed by atoms with E-state index in [4.69, 9.17) is 5.26 Å². The number of nitrogens with zero attached hydrogens (tertiary/aromatic N) is 1. The van der Waals surface area contributed by atoms with Crippen molar-refractivity contribution in [1.29, 1.82) is 5.26 Å². The molecule has 1 unspecified atom stereocenters. The Labute approximate surface area is 63.2 Å². The van der Waals surface area contributed by atoms with Gasteiger partial charge in [-0.05, 0) is 13.3 Å². The van der Waals surface area contributed by atoms with Crippen molar-refractivity contribution in [2.45, 2.75) is 45.6 Å². The summed E-state index contributed by atoms with van der Waals surface area (Å²) in [6.45, 7) is 4.22. The average molecular weight is 140 g/mol. The Hall–Kier alpha value is -0.710. The molecule has 0 aliphatic rings. The van der Waals surface area contributed by atoms with Crippen LogP contribution in [-0.2, 0) is 0 Å². The highest BCUT2D eigenvalue weighted by molar-refractivity contribution is 4.71. The zero-order valence-electron chi connectivity index (χ0n) is 6.85. The lowest BCUT2D eigenvalue weighted by atomic mass is 10.1. The molecule has 0 rings (SSSR count). The predicted octanol–water partition coefficient (Wildman–Crippen LogP) is 2.03. The second-order valence-electron chi connectivity index (χ2n) is 2.65. The molecule has 0 aliphatic heterocycles. The van der Waals surface area contributed by atoms with Crippen molar-refractivity contribution in [3.8, 4) is 6.19 Å². The Morgan fingerprint density at radius 3 is 2.70 bits per heavy atom. The second-order valence-corrected chi connectivity index (χ2v) is 2.65. The van der Waals surface area contributed by atoms with Crippen LogP contribution in [0.3, 0.4) is 0 Å². The molecule has 1 atom stereocenters. The average Bonchev–Trinajstić information content (AvgIpc) is 1.89. The van der Waals surface area contributed by atoms with Crippen LogP contribution in [0.5, 0.6) is 0 Å². The standard InChI is InChI=1S/C8H16N2/c1-3-4-5-6-8(2)10-7-9/h8,10H,3-6H2,1-2H3. The van der Waals surface area contributed by atoms with Crippen molar-refractivity contribution >= 4 is 0 Å². The minimum Gasteiger partial charge on any atom is -0.321 e. The van der Waals surface area contributed by atoms with E-state index < -0.39 is 0 Å². The van der Waals surface area contributed by atoms with Gasteiger partial charge in [0, 0.05) is 6.04 Å². The Morgan fingerprint density at radius 1 is 1.50 bits per heavy atom. The van der Waals surface area contributed by atoms with Crippen LogP contribution in [-0.4, -0.2) is 6.04 Å². The Bertz CT molecular complexity index is 104. The van der Waals surface area contributed by atoms with E-state index >= 15 is 0 Å². The van der Waals surface area contributed by atoms with Crippen LogP contribution in [0.4, 0.5) is 0 Å². The lowest BCUT2D eigenvalue weighted by molar-refractivity contribution is 0.546. The highest BCUT2D eigenvalue weighted by Crippen LogP contribution is 2.01. The fraction of sp³-hybridized carbons (Fsp3) is 0.875. The summed E-state index contributed by atoms with van der Waals surface area (Å²) in [6.07, 6.45) is 6.81. The lowest BCUT2D eigenvalue weighted by Crippen LogP contribution is -2.19. The van der Waals surface area contributed by atoms with Gasteiger partial charge in [0.15, 0.2) is 6.19 Å². The molecule has 0 aromatic heterocycles. The molecular weight excluding hydrogens is 124 g/mol. The molecule has 0 saturated heterocycles. The molecule has 0 spiro atoms. The van der Waals surface area contributed by atoms with E-state index in [0.717, 1.165) is 6.42 Å². The predicted molar refractivity (Wildman–Crippen MR) is 42.4 cm³/mol. The van der Waals surface area contributed by atoms with E-state index in [9.17, 15) is 0 Å². The Balaban J connectivity index is 3.06. The van der Waals surface area contributed by atoms with Gasteiger partial charge in [-0.3, -0.25) is 0 Å². The van der Waals surface area contributed by atoms with Crippen LogP contribution in [0.1, 0.15) is 39.5 Å². The highest BCUT2D eigenvalue weighted by atomic mass is 14.9. The third kappa shape index (κ3) is 5.43. The molecule has 0 fully saturated rings. The molecule has 0 aromatic carbocycles. The maximum atomic E-state index is 8.23. The summed E-state index contributed by atoms with van der Waals surface area (Å²) in [5.74, 6) is 0. The van der Waals surface area contributed by atoms with E-state index in [1.54, 1.807) is 0 Å². The van der Waals surface area contributed by atoms with E-state index in [-0.39, 0.29) is 0 Å². The molecule has 2 heteroatoms. The van der Waals surface area contributed by atoms with Gasteiger partial charge in [0.25, 0.3) is 0 Å². The highest BCUT2D eigenvalue weighted by Gasteiger charge is 1.96. The third-order valence-corrected chi connectivity index (χ3v) is 1.55. The maximum absolute atomic E-state index is 8.23. The van der Waals surface area contributed by atoms with Crippen LogP contribution in [0.2, 0.25) is 0 Å². The maximum Gasteiger partial charge on any atom is 0.176 e. The summed E-state index contributed by atoms with van der Waals surface area (Å²) >= 11 is 0. The summed E-state index contributed by atoms with van der Waals surface area (Å²) < 4.78 is 0. The van der Waals surface area contributed by atoms with Gasteiger partial charge in [-0.25, -0.2) is 0 Å². The van der Waals surface area contributed by atoms with Crippen molar-refractivity contribution < 1.29 is 0 Å². The van der Waals surface area contributed by atoms with Crippen molar-refractivity contribution in [1.82, 2.24) is 5.32 Å². The lowest BCUT2D eigenvalue weighted by Gasteiger charge is -2.06. The van der Waals surface area contributed by atoms with E-state index in [0.29, 0.717) is 6.04 Å². The quantitative estimate of drug-likeness (QED) is 0.360. The summed E-state index contributed by atoms with van der Waals surface area (Å²) in [7, 11) is 0. The van der Waals surface area contributed by atoms with Crippen LogP contribution in [0.15, 0.2) is 0 Å². The molecule has 0 amide bonds. The summed E-state index contributed by atoms with van der Waals surface area (Å²) in [6, 6.07) is 0.358. The van der Waals surface area contributed by atoms with Gasteiger partial charge >= 0.3 is 0 Å². The first kappa shape index (κ1) is 9.29. The number of rotatable bonds is 5. The number of unbranched alkanes of at least 4 members (excludes halogenated alkanes) is 2.